The summed E-state index contributed by atoms with van der Waals surface area (Å²) in [6.07, 6.45) is 0. The Bertz CT molecular complexity index is 508. The molecule has 0 amide bonds. The van der Waals surface area contributed by atoms with Crippen LogP contribution in [0.15, 0.2) is 12.1 Å². The lowest BCUT2D eigenvalue weighted by molar-refractivity contribution is 1.22. The first-order valence-electron chi connectivity index (χ1n) is 4.28. The highest BCUT2D eigenvalue weighted by Crippen LogP contribution is 2.22. The third-order valence-corrected chi connectivity index (χ3v) is 2.48. The minimum Gasteiger partial charge on any atom is -0.383 e. The Kier molecular flexibility index (Phi) is 2.04. The summed E-state index contributed by atoms with van der Waals surface area (Å²) in [4.78, 5) is 8.02. The number of fused-ring (bicyclic) bond motifs is 1. The minimum atomic E-state index is 0.193. The van der Waals surface area contributed by atoms with Crippen LogP contribution in [0.4, 0.5) is 5.82 Å². The van der Waals surface area contributed by atoms with Gasteiger partial charge in [0.1, 0.15) is 5.82 Å². The number of anilines is 1. The molecular formula is C10H10ClN3. The average molecular weight is 208 g/mol. The van der Waals surface area contributed by atoms with E-state index in [4.69, 9.17) is 17.3 Å². The number of halogens is 1. The first kappa shape index (κ1) is 9.21. The number of hydrogen-bond acceptors (Lipinski definition) is 3. The summed E-state index contributed by atoms with van der Waals surface area (Å²) < 4.78 is 0. The van der Waals surface area contributed by atoms with Crippen LogP contribution in [-0.4, -0.2) is 9.97 Å². The van der Waals surface area contributed by atoms with Crippen LogP contribution in [0.5, 0.6) is 0 Å². The van der Waals surface area contributed by atoms with Gasteiger partial charge < -0.3 is 5.73 Å². The van der Waals surface area contributed by atoms with E-state index in [0.29, 0.717) is 5.82 Å². The van der Waals surface area contributed by atoms with Gasteiger partial charge in [0.15, 0.2) is 0 Å². The van der Waals surface area contributed by atoms with Gasteiger partial charge in [0.25, 0.3) is 0 Å². The van der Waals surface area contributed by atoms with Crippen molar-refractivity contribution in [2.24, 2.45) is 0 Å². The molecule has 0 aliphatic carbocycles. The van der Waals surface area contributed by atoms with Gasteiger partial charge in [0, 0.05) is 5.39 Å². The molecule has 2 rings (SSSR count). The van der Waals surface area contributed by atoms with Crippen molar-refractivity contribution in [3.63, 3.8) is 0 Å². The van der Waals surface area contributed by atoms with Crippen LogP contribution < -0.4 is 5.73 Å². The lowest BCUT2D eigenvalue weighted by Crippen LogP contribution is -1.96. The maximum absolute atomic E-state index is 5.74. The molecule has 1 aromatic carbocycles. The number of hydrogen-bond donors (Lipinski definition) is 1. The molecule has 0 radical (unpaired) electrons. The summed E-state index contributed by atoms with van der Waals surface area (Å²) in [5, 5.41) is 1.05. The predicted molar refractivity (Wildman–Crippen MR) is 58.4 cm³/mol. The number of nitrogens with zero attached hydrogens (tertiary/aromatic N) is 2. The molecule has 0 bridgehead atoms. The molecular weight excluding hydrogens is 198 g/mol. The Morgan fingerprint density at radius 1 is 1.14 bits per heavy atom. The molecule has 14 heavy (non-hydrogen) atoms. The van der Waals surface area contributed by atoms with Crippen molar-refractivity contribution in [2.75, 3.05) is 5.73 Å². The first-order chi connectivity index (χ1) is 6.58. The quantitative estimate of drug-likeness (QED) is 0.676. The second kappa shape index (κ2) is 3.10. The van der Waals surface area contributed by atoms with Crippen molar-refractivity contribution in [3.05, 3.63) is 28.5 Å². The third kappa shape index (κ3) is 1.40. The third-order valence-electron chi connectivity index (χ3n) is 2.31. The topological polar surface area (TPSA) is 51.8 Å². The summed E-state index contributed by atoms with van der Waals surface area (Å²) in [5.74, 6) is 0.433. The molecule has 72 valence electrons. The van der Waals surface area contributed by atoms with Crippen LogP contribution in [0.3, 0.4) is 0 Å². The largest absolute Gasteiger partial charge is 0.383 e. The molecule has 4 heteroatoms. The van der Waals surface area contributed by atoms with Crippen molar-refractivity contribution < 1.29 is 0 Å². The summed E-state index contributed by atoms with van der Waals surface area (Å²) in [6, 6.07) is 3.95. The number of aromatic nitrogens is 2. The zero-order valence-electron chi connectivity index (χ0n) is 8.00. The number of benzene rings is 1. The fraction of sp³-hybridized carbons (Fsp3) is 0.200. The van der Waals surface area contributed by atoms with Gasteiger partial charge in [-0.1, -0.05) is 0 Å². The molecule has 0 spiro atoms. The maximum atomic E-state index is 5.74. The minimum absolute atomic E-state index is 0.193. The molecule has 2 aromatic rings. The monoisotopic (exact) mass is 207 g/mol. The Morgan fingerprint density at radius 2 is 1.79 bits per heavy atom. The zero-order valence-corrected chi connectivity index (χ0v) is 8.76. The molecule has 0 fully saturated rings. The number of nitrogens with two attached hydrogens (primary N) is 1. The zero-order chi connectivity index (χ0) is 10.3. The fourth-order valence-electron chi connectivity index (χ4n) is 1.38. The van der Waals surface area contributed by atoms with Gasteiger partial charge in [-0.05, 0) is 48.7 Å². The number of nitrogen functional groups attached to an aromatic ring is 1. The highest BCUT2D eigenvalue weighted by Gasteiger charge is 2.05. The SMILES string of the molecule is Cc1cc2nc(Cl)nc(N)c2cc1C. The van der Waals surface area contributed by atoms with Crippen molar-refractivity contribution in [1.29, 1.82) is 0 Å². The molecule has 0 saturated carbocycles. The molecule has 0 aliphatic heterocycles. The Labute approximate surface area is 86.9 Å². The molecule has 1 heterocycles. The molecule has 0 atom stereocenters. The predicted octanol–water partition coefficient (Wildman–Crippen LogP) is 2.48. The first-order valence-corrected chi connectivity index (χ1v) is 4.65. The maximum Gasteiger partial charge on any atom is 0.224 e. The van der Waals surface area contributed by atoms with Gasteiger partial charge in [0.2, 0.25) is 5.28 Å². The van der Waals surface area contributed by atoms with E-state index in [9.17, 15) is 0 Å². The van der Waals surface area contributed by atoms with E-state index in [1.54, 1.807) is 0 Å². The van der Waals surface area contributed by atoms with Gasteiger partial charge in [-0.2, -0.15) is 0 Å². The fourth-order valence-corrected chi connectivity index (χ4v) is 1.56. The van der Waals surface area contributed by atoms with E-state index in [0.717, 1.165) is 10.9 Å². The number of rotatable bonds is 0. The van der Waals surface area contributed by atoms with Crippen LogP contribution in [0.2, 0.25) is 5.28 Å². The van der Waals surface area contributed by atoms with Crippen LogP contribution in [0.1, 0.15) is 11.1 Å². The van der Waals surface area contributed by atoms with Gasteiger partial charge >= 0.3 is 0 Å². The smallest absolute Gasteiger partial charge is 0.224 e. The van der Waals surface area contributed by atoms with Gasteiger partial charge in [0.05, 0.1) is 5.52 Å². The highest BCUT2D eigenvalue weighted by molar-refractivity contribution is 6.28. The molecule has 2 N–H and O–H groups in total. The lowest BCUT2D eigenvalue weighted by atomic mass is 10.1. The molecule has 3 nitrogen and oxygen atoms in total. The van der Waals surface area contributed by atoms with Gasteiger partial charge in [-0.3, -0.25) is 0 Å². The summed E-state index contributed by atoms with van der Waals surface area (Å²) in [6.45, 7) is 4.06. The Hall–Kier alpha value is -1.35. The van der Waals surface area contributed by atoms with E-state index in [1.807, 2.05) is 26.0 Å². The lowest BCUT2D eigenvalue weighted by Gasteiger charge is -2.05. The standard InChI is InChI=1S/C10H10ClN3/c1-5-3-7-8(4-6(5)2)13-10(11)14-9(7)12/h3-4H,1-2H3,(H2,12,13,14). The Balaban J connectivity index is 2.89. The molecule has 0 saturated heterocycles. The summed E-state index contributed by atoms with van der Waals surface area (Å²) in [7, 11) is 0. The van der Waals surface area contributed by atoms with Crippen LogP contribution in [-0.2, 0) is 0 Å². The molecule has 0 unspecified atom stereocenters. The van der Waals surface area contributed by atoms with E-state index in [1.165, 1.54) is 11.1 Å². The Morgan fingerprint density at radius 3 is 2.50 bits per heavy atom. The van der Waals surface area contributed by atoms with Crippen molar-refractivity contribution >= 4 is 28.3 Å². The number of aryl methyl sites for hydroxylation is 2. The van der Waals surface area contributed by atoms with Crippen molar-refractivity contribution in [3.8, 4) is 0 Å². The van der Waals surface area contributed by atoms with Crippen molar-refractivity contribution in [2.45, 2.75) is 13.8 Å². The summed E-state index contributed by atoms with van der Waals surface area (Å²) in [5.41, 5.74) is 8.89. The van der Waals surface area contributed by atoms with E-state index in [-0.39, 0.29) is 5.28 Å². The summed E-state index contributed by atoms with van der Waals surface area (Å²) >= 11 is 5.71. The molecule has 1 aromatic heterocycles. The van der Waals surface area contributed by atoms with Crippen LogP contribution >= 0.6 is 11.6 Å². The molecule has 0 aliphatic rings. The average Bonchev–Trinajstić information content (AvgIpc) is 2.08. The van der Waals surface area contributed by atoms with Crippen LogP contribution in [0, 0.1) is 13.8 Å². The van der Waals surface area contributed by atoms with Crippen LogP contribution in [0.25, 0.3) is 10.9 Å². The van der Waals surface area contributed by atoms with Crippen molar-refractivity contribution in [1.82, 2.24) is 9.97 Å². The van der Waals surface area contributed by atoms with E-state index in [2.05, 4.69) is 9.97 Å². The van der Waals surface area contributed by atoms with E-state index >= 15 is 0 Å². The highest BCUT2D eigenvalue weighted by atomic mass is 35.5. The second-order valence-corrected chi connectivity index (χ2v) is 3.67. The van der Waals surface area contributed by atoms with Gasteiger partial charge in [-0.25, -0.2) is 9.97 Å². The second-order valence-electron chi connectivity index (χ2n) is 3.33. The normalized spacial score (nSPS) is 10.8. The van der Waals surface area contributed by atoms with E-state index < -0.39 is 0 Å². The van der Waals surface area contributed by atoms with Gasteiger partial charge in [-0.15, -0.1) is 0 Å².